The molecule has 16 heavy (non-hydrogen) atoms. The van der Waals surface area contributed by atoms with Gasteiger partial charge in [-0.1, -0.05) is 0 Å². The van der Waals surface area contributed by atoms with E-state index < -0.39 is 0 Å². The highest BCUT2D eigenvalue weighted by molar-refractivity contribution is 6.28. The second-order valence-corrected chi connectivity index (χ2v) is 4.11. The fraction of sp³-hybridized carbons (Fsp3) is 0.364. The Hall–Kier alpha value is -1.26. The summed E-state index contributed by atoms with van der Waals surface area (Å²) >= 11 is 5.69. The lowest BCUT2D eigenvalue weighted by atomic mass is 10.1. The Labute approximate surface area is 99.0 Å². The van der Waals surface area contributed by atoms with Gasteiger partial charge in [0, 0.05) is 18.9 Å². The van der Waals surface area contributed by atoms with E-state index in [-0.39, 0.29) is 6.04 Å². The van der Waals surface area contributed by atoms with Gasteiger partial charge in [0.25, 0.3) is 0 Å². The number of hydrogen-bond donors (Lipinski definition) is 1. The molecular weight excluding hydrogens is 226 g/mol. The Balaban J connectivity index is 1.93. The van der Waals surface area contributed by atoms with Gasteiger partial charge in [-0.05, 0) is 42.6 Å². The van der Waals surface area contributed by atoms with Crippen molar-refractivity contribution < 1.29 is 4.42 Å². The van der Waals surface area contributed by atoms with Gasteiger partial charge in [-0.25, -0.2) is 0 Å². The molecule has 2 heterocycles. The van der Waals surface area contributed by atoms with E-state index in [1.165, 1.54) is 0 Å². The second-order valence-electron chi connectivity index (χ2n) is 3.73. The number of furan rings is 1. The Morgan fingerprint density at radius 3 is 2.88 bits per heavy atom. The van der Waals surface area contributed by atoms with Gasteiger partial charge in [0.05, 0.1) is 6.04 Å². The predicted molar refractivity (Wildman–Crippen MR) is 62.2 cm³/mol. The van der Waals surface area contributed by atoms with Crippen LogP contribution in [0.1, 0.15) is 23.9 Å². The van der Waals surface area contributed by atoms with Gasteiger partial charge in [-0.3, -0.25) is 4.68 Å². The van der Waals surface area contributed by atoms with Crippen LogP contribution in [-0.4, -0.2) is 9.78 Å². The third-order valence-corrected chi connectivity index (χ3v) is 2.80. The van der Waals surface area contributed by atoms with Gasteiger partial charge < -0.3 is 10.2 Å². The molecule has 1 atom stereocenters. The summed E-state index contributed by atoms with van der Waals surface area (Å²) in [5, 5.41) is 4.48. The Morgan fingerprint density at radius 2 is 2.31 bits per heavy atom. The zero-order valence-corrected chi connectivity index (χ0v) is 9.81. The highest BCUT2D eigenvalue weighted by Crippen LogP contribution is 2.21. The fourth-order valence-electron chi connectivity index (χ4n) is 1.62. The molecule has 0 aliphatic heterocycles. The molecule has 2 aromatic rings. The molecule has 0 radical (unpaired) electrons. The standard InChI is InChI=1S/C11H14ClN3O/c1-15-8(6-7-14-15)2-3-9(13)10-4-5-11(12)16-10/h4-7,9H,2-3,13H2,1H3. The van der Waals surface area contributed by atoms with Gasteiger partial charge in [0.15, 0.2) is 5.22 Å². The third kappa shape index (κ3) is 2.46. The van der Waals surface area contributed by atoms with E-state index in [9.17, 15) is 0 Å². The molecule has 5 heteroatoms. The normalized spacial score (nSPS) is 12.9. The van der Waals surface area contributed by atoms with E-state index in [2.05, 4.69) is 5.10 Å². The van der Waals surface area contributed by atoms with Crippen LogP contribution in [0.25, 0.3) is 0 Å². The summed E-state index contributed by atoms with van der Waals surface area (Å²) in [5.41, 5.74) is 7.15. The average molecular weight is 240 g/mol. The number of aromatic nitrogens is 2. The summed E-state index contributed by atoms with van der Waals surface area (Å²) in [6, 6.07) is 5.39. The number of nitrogens with two attached hydrogens (primary N) is 1. The molecule has 2 aromatic heterocycles. The predicted octanol–water partition coefficient (Wildman–Crippen LogP) is 2.30. The smallest absolute Gasteiger partial charge is 0.193 e. The van der Waals surface area contributed by atoms with Crippen molar-refractivity contribution >= 4 is 11.6 Å². The van der Waals surface area contributed by atoms with E-state index in [1.807, 2.05) is 23.9 Å². The number of hydrogen-bond acceptors (Lipinski definition) is 3. The van der Waals surface area contributed by atoms with E-state index in [1.54, 1.807) is 12.3 Å². The molecule has 0 saturated carbocycles. The SMILES string of the molecule is Cn1nccc1CCC(N)c1ccc(Cl)o1. The first-order valence-corrected chi connectivity index (χ1v) is 5.52. The summed E-state index contributed by atoms with van der Waals surface area (Å²) < 4.78 is 7.11. The summed E-state index contributed by atoms with van der Waals surface area (Å²) in [6.45, 7) is 0. The van der Waals surface area contributed by atoms with Crippen LogP contribution in [0.2, 0.25) is 5.22 Å². The molecule has 2 rings (SSSR count). The maximum atomic E-state index is 5.99. The lowest BCUT2D eigenvalue weighted by Gasteiger charge is -2.08. The van der Waals surface area contributed by atoms with Gasteiger partial charge in [0.1, 0.15) is 5.76 Å². The highest BCUT2D eigenvalue weighted by Gasteiger charge is 2.11. The Morgan fingerprint density at radius 1 is 1.50 bits per heavy atom. The van der Waals surface area contributed by atoms with Crippen LogP contribution in [0.4, 0.5) is 0 Å². The van der Waals surface area contributed by atoms with Crippen molar-refractivity contribution in [3.05, 3.63) is 41.1 Å². The minimum Gasteiger partial charge on any atom is -0.448 e. The van der Waals surface area contributed by atoms with Crippen LogP contribution in [0.5, 0.6) is 0 Å². The summed E-state index contributed by atoms with van der Waals surface area (Å²) in [4.78, 5) is 0. The topological polar surface area (TPSA) is 57.0 Å². The first kappa shape index (κ1) is 11.2. The van der Waals surface area contributed by atoms with Gasteiger partial charge in [0.2, 0.25) is 0 Å². The quantitative estimate of drug-likeness (QED) is 0.891. The molecule has 0 aromatic carbocycles. The Kier molecular flexibility index (Phi) is 3.31. The van der Waals surface area contributed by atoms with Crippen molar-refractivity contribution in [3.8, 4) is 0 Å². The van der Waals surface area contributed by atoms with E-state index in [0.29, 0.717) is 5.22 Å². The molecule has 86 valence electrons. The molecule has 0 bridgehead atoms. The molecular formula is C11H14ClN3O. The first-order valence-electron chi connectivity index (χ1n) is 5.14. The van der Waals surface area contributed by atoms with E-state index in [0.717, 1.165) is 24.3 Å². The third-order valence-electron chi connectivity index (χ3n) is 2.59. The minimum atomic E-state index is -0.123. The average Bonchev–Trinajstić information content (AvgIpc) is 2.84. The number of rotatable bonds is 4. The van der Waals surface area contributed by atoms with Crippen molar-refractivity contribution in [1.82, 2.24) is 9.78 Å². The molecule has 0 fully saturated rings. The molecule has 0 saturated heterocycles. The number of nitrogens with zero attached hydrogens (tertiary/aromatic N) is 2. The van der Waals surface area contributed by atoms with Crippen molar-refractivity contribution in [2.75, 3.05) is 0 Å². The molecule has 0 spiro atoms. The van der Waals surface area contributed by atoms with Gasteiger partial charge >= 0.3 is 0 Å². The van der Waals surface area contributed by atoms with Crippen LogP contribution in [0.3, 0.4) is 0 Å². The van der Waals surface area contributed by atoms with Crippen LogP contribution in [0, 0.1) is 0 Å². The largest absolute Gasteiger partial charge is 0.448 e. The first-order chi connectivity index (χ1) is 7.66. The van der Waals surface area contributed by atoms with Crippen LogP contribution < -0.4 is 5.73 Å². The van der Waals surface area contributed by atoms with Gasteiger partial charge in [-0.15, -0.1) is 0 Å². The molecule has 1 unspecified atom stereocenters. The maximum absolute atomic E-state index is 5.99. The molecule has 0 aliphatic carbocycles. The van der Waals surface area contributed by atoms with Crippen LogP contribution in [0.15, 0.2) is 28.8 Å². The number of aryl methyl sites for hydroxylation is 2. The number of halogens is 1. The highest BCUT2D eigenvalue weighted by atomic mass is 35.5. The molecule has 2 N–H and O–H groups in total. The van der Waals surface area contributed by atoms with E-state index in [4.69, 9.17) is 21.8 Å². The van der Waals surface area contributed by atoms with Crippen molar-refractivity contribution in [1.29, 1.82) is 0 Å². The molecule has 0 aliphatic rings. The fourth-order valence-corrected chi connectivity index (χ4v) is 1.77. The van der Waals surface area contributed by atoms with Gasteiger partial charge in [-0.2, -0.15) is 5.10 Å². The second kappa shape index (κ2) is 4.72. The lowest BCUT2D eigenvalue weighted by Crippen LogP contribution is -2.11. The van der Waals surface area contributed by atoms with Crippen LogP contribution in [-0.2, 0) is 13.5 Å². The molecule has 0 amide bonds. The zero-order valence-electron chi connectivity index (χ0n) is 9.06. The minimum absolute atomic E-state index is 0.123. The lowest BCUT2D eigenvalue weighted by molar-refractivity contribution is 0.451. The summed E-state index contributed by atoms with van der Waals surface area (Å²) in [7, 11) is 1.92. The van der Waals surface area contributed by atoms with Crippen molar-refractivity contribution in [3.63, 3.8) is 0 Å². The maximum Gasteiger partial charge on any atom is 0.193 e. The monoisotopic (exact) mass is 239 g/mol. The van der Waals surface area contributed by atoms with Crippen LogP contribution >= 0.6 is 11.6 Å². The van der Waals surface area contributed by atoms with E-state index >= 15 is 0 Å². The zero-order chi connectivity index (χ0) is 11.5. The summed E-state index contributed by atoms with van der Waals surface area (Å²) in [6.07, 6.45) is 3.46. The molecule has 4 nitrogen and oxygen atoms in total. The van der Waals surface area contributed by atoms with Crippen molar-refractivity contribution in [2.24, 2.45) is 12.8 Å². The Bertz CT molecular complexity index is 463. The van der Waals surface area contributed by atoms with Crippen molar-refractivity contribution in [2.45, 2.75) is 18.9 Å². The summed E-state index contributed by atoms with van der Waals surface area (Å²) in [5.74, 6) is 0.729.